The maximum absolute atomic E-state index is 5.68. The van der Waals surface area contributed by atoms with E-state index in [0.29, 0.717) is 37.2 Å². The Morgan fingerprint density at radius 3 is 2.89 bits per heavy atom. The highest BCUT2D eigenvalue weighted by atomic mass is 16.5. The summed E-state index contributed by atoms with van der Waals surface area (Å²) in [4.78, 5) is 8.34. The first kappa shape index (κ1) is 14.7. The normalized spacial score (nSPS) is 10.6. The summed E-state index contributed by atoms with van der Waals surface area (Å²) >= 11 is 0. The molecule has 18 heavy (non-hydrogen) atoms. The maximum Gasteiger partial charge on any atom is 0.158 e. The minimum absolute atomic E-state index is 0.354. The van der Waals surface area contributed by atoms with Crippen molar-refractivity contribution in [3.05, 3.63) is 11.9 Å². The number of rotatable bonds is 9. The van der Waals surface area contributed by atoms with Gasteiger partial charge in [0.2, 0.25) is 0 Å². The molecule has 0 saturated heterocycles. The number of hydrogen-bond donors (Lipinski definition) is 2. The number of aromatic nitrogens is 2. The van der Waals surface area contributed by atoms with Gasteiger partial charge in [0.25, 0.3) is 0 Å². The van der Waals surface area contributed by atoms with Crippen LogP contribution in [0.15, 0.2) is 6.07 Å². The average Bonchev–Trinajstić information content (AvgIpc) is 2.33. The molecule has 0 saturated carbocycles. The zero-order valence-electron chi connectivity index (χ0n) is 11.1. The van der Waals surface area contributed by atoms with Crippen LogP contribution in [0.5, 0.6) is 0 Å². The predicted octanol–water partition coefficient (Wildman–Crippen LogP) is 1.43. The zero-order chi connectivity index (χ0) is 13.2. The van der Waals surface area contributed by atoms with E-state index in [4.69, 9.17) is 15.2 Å². The van der Waals surface area contributed by atoms with Crippen molar-refractivity contribution in [3.63, 3.8) is 0 Å². The van der Waals surface area contributed by atoms with Crippen LogP contribution in [-0.4, -0.2) is 36.8 Å². The fourth-order valence-corrected chi connectivity index (χ4v) is 1.40. The Hall–Kier alpha value is -1.40. The third-order valence-corrected chi connectivity index (χ3v) is 2.26. The van der Waals surface area contributed by atoms with Crippen molar-refractivity contribution in [1.29, 1.82) is 0 Å². The molecule has 0 bridgehead atoms. The first-order valence-electron chi connectivity index (χ1n) is 6.20. The molecule has 0 atom stereocenters. The Kier molecular flexibility index (Phi) is 7.05. The van der Waals surface area contributed by atoms with Gasteiger partial charge in [-0.15, -0.1) is 0 Å². The lowest BCUT2D eigenvalue weighted by Crippen LogP contribution is -2.12. The second kappa shape index (κ2) is 8.66. The molecule has 6 heteroatoms. The van der Waals surface area contributed by atoms with E-state index in [1.165, 1.54) is 0 Å². The molecule has 0 fully saturated rings. The first-order valence-corrected chi connectivity index (χ1v) is 6.20. The van der Waals surface area contributed by atoms with E-state index >= 15 is 0 Å². The third-order valence-electron chi connectivity index (χ3n) is 2.26. The summed E-state index contributed by atoms with van der Waals surface area (Å²) < 4.78 is 10.4. The number of nitrogens with two attached hydrogens (primary N) is 1. The van der Waals surface area contributed by atoms with Crippen LogP contribution in [0.1, 0.15) is 25.6 Å². The summed E-state index contributed by atoms with van der Waals surface area (Å²) in [5.74, 6) is 1.71. The Morgan fingerprint density at radius 2 is 2.17 bits per heavy atom. The van der Waals surface area contributed by atoms with Crippen LogP contribution in [0, 0.1) is 0 Å². The van der Waals surface area contributed by atoms with Crippen LogP contribution in [0.2, 0.25) is 0 Å². The Bertz CT molecular complexity index is 347. The van der Waals surface area contributed by atoms with Gasteiger partial charge in [-0.1, -0.05) is 13.3 Å². The summed E-state index contributed by atoms with van der Waals surface area (Å²) in [7, 11) is 1.60. The largest absolute Gasteiger partial charge is 0.384 e. The second-order valence-corrected chi connectivity index (χ2v) is 3.92. The van der Waals surface area contributed by atoms with Crippen LogP contribution < -0.4 is 11.1 Å². The zero-order valence-corrected chi connectivity index (χ0v) is 11.1. The van der Waals surface area contributed by atoms with Gasteiger partial charge in [-0.05, 0) is 6.42 Å². The van der Waals surface area contributed by atoms with Crippen LogP contribution in [-0.2, 0) is 16.1 Å². The molecule has 3 N–H and O–H groups in total. The highest BCUT2D eigenvalue weighted by Gasteiger charge is 2.01. The molecule has 1 heterocycles. The third kappa shape index (κ3) is 5.79. The number of ether oxygens (including phenoxy) is 2. The molecule has 0 amide bonds. The molecule has 0 radical (unpaired) electrons. The van der Waals surface area contributed by atoms with Crippen molar-refractivity contribution in [1.82, 2.24) is 9.97 Å². The quantitative estimate of drug-likeness (QED) is 0.649. The Morgan fingerprint density at radius 1 is 1.33 bits per heavy atom. The molecule has 6 nitrogen and oxygen atoms in total. The predicted molar refractivity (Wildman–Crippen MR) is 71.4 cm³/mol. The molecule has 0 aromatic carbocycles. The van der Waals surface area contributed by atoms with Gasteiger partial charge in [0.15, 0.2) is 5.82 Å². The lowest BCUT2D eigenvalue weighted by atomic mass is 10.4. The molecular weight excluding hydrogens is 232 g/mol. The minimum Gasteiger partial charge on any atom is -0.384 e. The van der Waals surface area contributed by atoms with E-state index in [1.807, 2.05) is 0 Å². The molecule has 1 aromatic rings. The highest BCUT2D eigenvalue weighted by molar-refractivity contribution is 5.44. The van der Waals surface area contributed by atoms with Crippen LogP contribution in [0.3, 0.4) is 0 Å². The number of hydrogen-bond acceptors (Lipinski definition) is 6. The summed E-state index contributed by atoms with van der Waals surface area (Å²) in [5.41, 5.74) is 5.68. The van der Waals surface area contributed by atoms with E-state index in [-0.39, 0.29) is 0 Å². The standard InChI is InChI=1S/C12H22N4O2/c1-3-4-6-18-7-5-14-11-8-10(13)15-12(16-11)9-17-2/h8H,3-7,9H2,1-2H3,(H3,13,14,15,16). The summed E-state index contributed by atoms with van der Waals surface area (Å²) in [5, 5.41) is 3.15. The molecule has 102 valence electrons. The fourth-order valence-electron chi connectivity index (χ4n) is 1.40. The molecule has 0 aliphatic heterocycles. The number of methoxy groups -OCH3 is 1. The van der Waals surface area contributed by atoms with Gasteiger partial charge in [-0.3, -0.25) is 0 Å². The number of nitrogens with zero attached hydrogens (tertiary/aromatic N) is 2. The monoisotopic (exact) mass is 254 g/mol. The minimum atomic E-state index is 0.354. The van der Waals surface area contributed by atoms with E-state index in [1.54, 1.807) is 13.2 Å². The van der Waals surface area contributed by atoms with E-state index < -0.39 is 0 Å². The summed E-state index contributed by atoms with van der Waals surface area (Å²) in [6, 6.07) is 1.70. The van der Waals surface area contributed by atoms with Gasteiger partial charge in [-0.2, -0.15) is 0 Å². The van der Waals surface area contributed by atoms with Crippen LogP contribution >= 0.6 is 0 Å². The fraction of sp³-hybridized carbons (Fsp3) is 0.667. The van der Waals surface area contributed by atoms with Crippen molar-refractivity contribution in [2.45, 2.75) is 26.4 Å². The van der Waals surface area contributed by atoms with Gasteiger partial charge in [0.1, 0.15) is 18.2 Å². The van der Waals surface area contributed by atoms with Crippen molar-refractivity contribution in [3.8, 4) is 0 Å². The van der Waals surface area contributed by atoms with Crippen LogP contribution in [0.4, 0.5) is 11.6 Å². The topological polar surface area (TPSA) is 82.3 Å². The summed E-state index contributed by atoms with van der Waals surface area (Å²) in [6.07, 6.45) is 2.24. The smallest absolute Gasteiger partial charge is 0.158 e. The van der Waals surface area contributed by atoms with Crippen molar-refractivity contribution in [2.24, 2.45) is 0 Å². The van der Waals surface area contributed by atoms with Crippen LogP contribution in [0.25, 0.3) is 0 Å². The molecule has 1 rings (SSSR count). The highest BCUT2D eigenvalue weighted by Crippen LogP contribution is 2.08. The van der Waals surface area contributed by atoms with Gasteiger partial charge in [-0.25, -0.2) is 9.97 Å². The lowest BCUT2D eigenvalue weighted by molar-refractivity contribution is 0.141. The number of unbranched alkanes of at least 4 members (excludes halogenated alkanes) is 1. The van der Waals surface area contributed by atoms with E-state index in [9.17, 15) is 0 Å². The number of nitrogen functional groups attached to an aromatic ring is 1. The number of anilines is 2. The Labute approximate surface area is 108 Å². The summed E-state index contributed by atoms with van der Waals surface area (Å²) in [6.45, 7) is 4.66. The molecule has 0 aliphatic rings. The molecular formula is C12H22N4O2. The van der Waals surface area contributed by atoms with Gasteiger partial charge in [0.05, 0.1) is 6.61 Å². The van der Waals surface area contributed by atoms with E-state index in [0.717, 1.165) is 19.4 Å². The molecule has 0 spiro atoms. The van der Waals surface area contributed by atoms with Gasteiger partial charge < -0.3 is 20.5 Å². The van der Waals surface area contributed by atoms with E-state index in [2.05, 4.69) is 22.2 Å². The Balaban J connectivity index is 2.32. The molecule has 0 aliphatic carbocycles. The SMILES string of the molecule is CCCCOCCNc1cc(N)nc(COC)n1. The molecule has 0 unspecified atom stereocenters. The molecule has 1 aromatic heterocycles. The van der Waals surface area contributed by atoms with Gasteiger partial charge >= 0.3 is 0 Å². The first-order chi connectivity index (χ1) is 8.76. The lowest BCUT2D eigenvalue weighted by Gasteiger charge is -2.08. The van der Waals surface area contributed by atoms with Crippen molar-refractivity contribution in [2.75, 3.05) is 37.9 Å². The number of nitrogens with one attached hydrogen (secondary N) is 1. The van der Waals surface area contributed by atoms with Crippen molar-refractivity contribution < 1.29 is 9.47 Å². The second-order valence-electron chi connectivity index (χ2n) is 3.92. The van der Waals surface area contributed by atoms with Gasteiger partial charge in [0, 0.05) is 26.3 Å². The van der Waals surface area contributed by atoms with Crippen molar-refractivity contribution >= 4 is 11.6 Å². The average molecular weight is 254 g/mol. The maximum atomic E-state index is 5.68.